The molecule has 0 saturated heterocycles. The minimum absolute atomic E-state index is 0.118. The lowest BCUT2D eigenvalue weighted by atomic mass is 9.47. The third-order valence-electron chi connectivity index (χ3n) is 8.56. The van der Waals surface area contributed by atoms with Crippen LogP contribution >= 0.6 is 22.6 Å². The summed E-state index contributed by atoms with van der Waals surface area (Å²) in [4.78, 5) is 0. The lowest BCUT2D eigenvalue weighted by molar-refractivity contribution is -0.115. The number of aliphatic hydroxyl groups is 1. The summed E-state index contributed by atoms with van der Waals surface area (Å²) < 4.78 is 1.26. The molecule has 0 amide bonds. The summed E-state index contributed by atoms with van der Waals surface area (Å²) in [5.41, 5.74) is 2.09. The van der Waals surface area contributed by atoms with E-state index in [4.69, 9.17) is 0 Å². The number of alkyl halides is 1. The predicted octanol–water partition coefficient (Wildman–Crippen LogP) is 5.77. The fourth-order valence-electron chi connectivity index (χ4n) is 7.66. The molecule has 4 aliphatic rings. The molecular formula is C22H33IO. The molecule has 0 radical (unpaired) electrons. The Kier molecular flexibility index (Phi) is 4.48. The minimum Gasteiger partial charge on any atom is -0.393 e. The van der Waals surface area contributed by atoms with Gasteiger partial charge in [0, 0.05) is 11.3 Å². The molecule has 1 nitrogen and oxygen atoms in total. The molecule has 0 heterocycles. The van der Waals surface area contributed by atoms with E-state index in [1.54, 1.807) is 5.57 Å². The van der Waals surface area contributed by atoms with Gasteiger partial charge in [-0.25, -0.2) is 0 Å². The van der Waals surface area contributed by atoms with Crippen molar-refractivity contribution in [1.82, 2.24) is 0 Å². The van der Waals surface area contributed by atoms with Gasteiger partial charge < -0.3 is 5.11 Å². The van der Waals surface area contributed by atoms with E-state index in [-0.39, 0.29) is 11.5 Å². The summed E-state index contributed by atoms with van der Waals surface area (Å²) in [6.45, 7) is 7.43. The van der Waals surface area contributed by atoms with Gasteiger partial charge in [-0.1, -0.05) is 67.2 Å². The Morgan fingerprint density at radius 1 is 1.33 bits per heavy atom. The van der Waals surface area contributed by atoms with Crippen molar-refractivity contribution >= 4 is 22.6 Å². The predicted molar refractivity (Wildman–Crippen MR) is 109 cm³/mol. The number of rotatable bonds is 2. The maximum Gasteiger partial charge on any atom is 0.0587 e. The maximum atomic E-state index is 11.3. The van der Waals surface area contributed by atoms with Crippen LogP contribution in [-0.2, 0) is 0 Å². The first-order valence-electron chi connectivity index (χ1n) is 10.0. The van der Waals surface area contributed by atoms with E-state index < -0.39 is 0 Å². The molecule has 0 aromatic rings. The van der Waals surface area contributed by atoms with Gasteiger partial charge in [0.15, 0.2) is 0 Å². The summed E-state index contributed by atoms with van der Waals surface area (Å²) in [5, 5.41) is 11.3. The van der Waals surface area contributed by atoms with Crippen LogP contribution in [0.25, 0.3) is 0 Å². The van der Waals surface area contributed by atoms with Crippen LogP contribution in [-0.4, -0.2) is 15.6 Å². The number of hydrogen-bond acceptors (Lipinski definition) is 1. The van der Waals surface area contributed by atoms with Crippen molar-refractivity contribution in [3.05, 3.63) is 23.8 Å². The van der Waals surface area contributed by atoms with E-state index >= 15 is 0 Å². The minimum atomic E-state index is -0.130. The van der Waals surface area contributed by atoms with Gasteiger partial charge in [0.05, 0.1) is 6.10 Å². The average molecular weight is 440 g/mol. The van der Waals surface area contributed by atoms with Crippen LogP contribution in [0.5, 0.6) is 0 Å². The lowest BCUT2D eigenvalue weighted by Crippen LogP contribution is -2.55. The first kappa shape index (κ1) is 17.6. The molecule has 0 aromatic carbocycles. The Morgan fingerprint density at radius 2 is 2.12 bits per heavy atom. The first-order valence-corrected chi connectivity index (χ1v) is 11.6. The highest BCUT2D eigenvalue weighted by molar-refractivity contribution is 14.1. The topological polar surface area (TPSA) is 20.2 Å². The summed E-state index contributed by atoms with van der Waals surface area (Å²) in [6, 6.07) is 0. The van der Waals surface area contributed by atoms with Crippen molar-refractivity contribution in [1.29, 1.82) is 0 Å². The van der Waals surface area contributed by atoms with Crippen molar-refractivity contribution in [3.8, 4) is 0 Å². The average Bonchev–Trinajstić information content (AvgIpc) is 2.78. The van der Waals surface area contributed by atoms with Gasteiger partial charge in [-0.2, -0.15) is 0 Å². The molecule has 8 atom stereocenters. The summed E-state index contributed by atoms with van der Waals surface area (Å²) in [6.07, 6.45) is 14.5. The number of aliphatic hydroxyl groups excluding tert-OH is 1. The molecule has 3 fully saturated rings. The molecule has 0 aliphatic heterocycles. The van der Waals surface area contributed by atoms with E-state index in [1.165, 1.54) is 30.1 Å². The highest BCUT2D eigenvalue weighted by Crippen LogP contribution is 2.67. The Bertz CT molecular complexity index is 566. The van der Waals surface area contributed by atoms with Crippen molar-refractivity contribution in [3.63, 3.8) is 0 Å². The molecule has 1 N–H and O–H groups in total. The Morgan fingerprint density at radius 3 is 2.88 bits per heavy atom. The van der Waals surface area contributed by atoms with Crippen molar-refractivity contribution in [2.45, 2.75) is 65.4 Å². The number of fused-ring (bicyclic) bond motifs is 5. The molecule has 4 rings (SSSR count). The second-order valence-electron chi connectivity index (χ2n) is 9.56. The molecule has 24 heavy (non-hydrogen) atoms. The van der Waals surface area contributed by atoms with Crippen LogP contribution in [0.2, 0.25) is 0 Å². The van der Waals surface area contributed by atoms with Gasteiger partial charge in [0.25, 0.3) is 0 Å². The van der Waals surface area contributed by atoms with Gasteiger partial charge in [0.2, 0.25) is 0 Å². The first-order chi connectivity index (χ1) is 11.4. The van der Waals surface area contributed by atoms with E-state index in [0.717, 1.165) is 30.6 Å². The lowest BCUT2D eigenvalue weighted by Gasteiger charge is -2.59. The molecule has 0 bridgehead atoms. The zero-order chi connectivity index (χ0) is 17.1. The zero-order valence-corrected chi connectivity index (χ0v) is 17.6. The van der Waals surface area contributed by atoms with Crippen molar-refractivity contribution in [2.24, 2.45) is 40.4 Å². The van der Waals surface area contributed by atoms with Crippen LogP contribution < -0.4 is 0 Å². The standard InChI is InChI=1S/C22H33IO/c1-14-12-18-16-8-7-15-6-4-5-10-21(15,2)20(16)19(24)13-22(18,3)17(14)9-11-23/h5-6,10,14,16-20,24H,4,7-9,11-13H2,1-3H3/t14-,16+,17+,18+,19-,20-,21+,22-/m1/s1. The monoisotopic (exact) mass is 440 g/mol. The normalized spacial score (nSPS) is 53.1. The summed E-state index contributed by atoms with van der Waals surface area (Å²) >= 11 is 2.55. The SMILES string of the molecule is C[C@@H]1C[C@H]2[C@@H]3CCC4=CCC=C[C@]4(C)[C@H]3[C@H](O)C[C@]2(C)[C@H]1CCI. The third kappa shape index (κ3) is 2.34. The third-order valence-corrected chi connectivity index (χ3v) is 9.19. The van der Waals surface area contributed by atoms with Gasteiger partial charge >= 0.3 is 0 Å². The van der Waals surface area contributed by atoms with Crippen LogP contribution in [0.3, 0.4) is 0 Å². The Hall–Kier alpha value is 0.170. The molecule has 0 aromatic heterocycles. The van der Waals surface area contributed by atoms with Crippen LogP contribution in [0, 0.1) is 40.4 Å². The summed E-state index contributed by atoms with van der Waals surface area (Å²) in [7, 11) is 0. The maximum absolute atomic E-state index is 11.3. The van der Waals surface area contributed by atoms with E-state index in [9.17, 15) is 5.11 Å². The second-order valence-corrected chi connectivity index (χ2v) is 10.6. The second kappa shape index (κ2) is 6.11. The van der Waals surface area contributed by atoms with Gasteiger partial charge in [0.1, 0.15) is 0 Å². The van der Waals surface area contributed by atoms with Crippen LogP contribution in [0.15, 0.2) is 23.8 Å². The van der Waals surface area contributed by atoms with Crippen molar-refractivity contribution in [2.75, 3.05) is 4.43 Å². The molecule has 2 heteroatoms. The molecule has 134 valence electrons. The van der Waals surface area contributed by atoms with Crippen LogP contribution in [0.1, 0.15) is 59.3 Å². The van der Waals surface area contributed by atoms with Gasteiger partial charge in [-0.05, 0) is 72.0 Å². The van der Waals surface area contributed by atoms with E-state index in [1.807, 2.05) is 0 Å². The Labute approximate surface area is 161 Å². The fraction of sp³-hybridized carbons (Fsp3) is 0.818. The fourth-order valence-corrected chi connectivity index (χ4v) is 8.34. The van der Waals surface area contributed by atoms with Crippen molar-refractivity contribution < 1.29 is 5.11 Å². The molecule has 4 aliphatic carbocycles. The quantitative estimate of drug-likeness (QED) is 0.328. The highest BCUT2D eigenvalue weighted by atomic mass is 127. The molecule has 0 unspecified atom stereocenters. The summed E-state index contributed by atoms with van der Waals surface area (Å²) in [5.74, 6) is 3.61. The Balaban J connectivity index is 1.71. The highest BCUT2D eigenvalue weighted by Gasteiger charge is 2.62. The number of allylic oxidation sites excluding steroid dienone is 4. The number of hydrogen-bond donors (Lipinski definition) is 1. The van der Waals surface area contributed by atoms with Gasteiger partial charge in [-0.3, -0.25) is 0 Å². The number of halogens is 1. The van der Waals surface area contributed by atoms with E-state index in [0.29, 0.717) is 17.3 Å². The van der Waals surface area contributed by atoms with E-state index in [2.05, 4.69) is 61.6 Å². The smallest absolute Gasteiger partial charge is 0.0587 e. The van der Waals surface area contributed by atoms with Crippen LogP contribution in [0.4, 0.5) is 0 Å². The molecule has 0 spiro atoms. The zero-order valence-electron chi connectivity index (χ0n) is 15.5. The molecular weight excluding hydrogens is 407 g/mol. The molecule has 3 saturated carbocycles. The van der Waals surface area contributed by atoms with Gasteiger partial charge in [-0.15, -0.1) is 0 Å². The largest absolute Gasteiger partial charge is 0.393 e.